The summed E-state index contributed by atoms with van der Waals surface area (Å²) >= 11 is 0. The number of nitrogens with one attached hydrogen (secondary N) is 1. The molecule has 6 rings (SSSR count). The van der Waals surface area contributed by atoms with Crippen molar-refractivity contribution in [3.63, 3.8) is 0 Å². The number of piperidine rings is 1. The summed E-state index contributed by atoms with van der Waals surface area (Å²) < 4.78 is 2.01. The van der Waals surface area contributed by atoms with E-state index in [-0.39, 0.29) is 11.5 Å². The quantitative estimate of drug-likeness (QED) is 0.663. The van der Waals surface area contributed by atoms with E-state index >= 15 is 0 Å². The first-order valence-electron chi connectivity index (χ1n) is 12.3. The third-order valence-electron chi connectivity index (χ3n) is 8.15. The third kappa shape index (κ3) is 3.74. The van der Waals surface area contributed by atoms with E-state index in [1.165, 1.54) is 25.3 Å². The highest BCUT2D eigenvalue weighted by molar-refractivity contribution is 5.90. The zero-order valence-electron chi connectivity index (χ0n) is 19.3. The fourth-order valence-corrected chi connectivity index (χ4v) is 5.77. The van der Waals surface area contributed by atoms with Gasteiger partial charge in [0.25, 0.3) is 0 Å². The summed E-state index contributed by atoms with van der Waals surface area (Å²) in [6.07, 6.45) is 15.5. The van der Waals surface area contributed by atoms with Crippen molar-refractivity contribution in [1.29, 1.82) is 0 Å². The van der Waals surface area contributed by atoms with Crippen molar-refractivity contribution >= 4 is 16.9 Å². The summed E-state index contributed by atoms with van der Waals surface area (Å²) in [5, 5.41) is 5.64. The minimum atomic E-state index is 0.159. The molecule has 2 saturated heterocycles. The number of likely N-dealkylation sites (tertiary alicyclic amines) is 2. The number of aromatic nitrogens is 5. The van der Waals surface area contributed by atoms with E-state index in [4.69, 9.17) is 0 Å². The van der Waals surface area contributed by atoms with Crippen LogP contribution in [0.5, 0.6) is 0 Å². The fraction of sp³-hybridized carbons (Fsp3) is 0.560. The topological polar surface area (TPSA) is 82.9 Å². The average molecular weight is 447 g/mol. The molecule has 0 aromatic carbocycles. The number of amides is 1. The highest BCUT2D eigenvalue weighted by atomic mass is 16.2. The normalized spacial score (nSPS) is 22.5. The first-order chi connectivity index (χ1) is 16.1. The van der Waals surface area contributed by atoms with Gasteiger partial charge in [0, 0.05) is 61.0 Å². The van der Waals surface area contributed by atoms with Crippen LogP contribution < -0.4 is 0 Å². The lowest BCUT2D eigenvalue weighted by Gasteiger charge is -2.53. The molecule has 8 heteroatoms. The van der Waals surface area contributed by atoms with Gasteiger partial charge < -0.3 is 9.88 Å². The molecular weight excluding hydrogens is 414 g/mol. The highest BCUT2D eigenvalue weighted by Crippen LogP contribution is 2.37. The van der Waals surface area contributed by atoms with Gasteiger partial charge in [0.2, 0.25) is 5.91 Å². The number of rotatable bonds is 4. The van der Waals surface area contributed by atoms with Crippen LogP contribution >= 0.6 is 0 Å². The second-order valence-electron chi connectivity index (χ2n) is 10.2. The molecule has 0 bridgehead atoms. The number of hydrogen-bond donors (Lipinski definition) is 1. The van der Waals surface area contributed by atoms with E-state index in [0.717, 1.165) is 74.2 Å². The lowest BCUT2D eigenvalue weighted by molar-refractivity contribution is -0.139. The van der Waals surface area contributed by atoms with Crippen LogP contribution in [0.15, 0.2) is 31.0 Å². The van der Waals surface area contributed by atoms with Crippen LogP contribution in [0.4, 0.5) is 0 Å². The van der Waals surface area contributed by atoms with Crippen molar-refractivity contribution in [1.82, 2.24) is 34.5 Å². The van der Waals surface area contributed by atoms with Gasteiger partial charge in [-0.2, -0.15) is 5.10 Å². The van der Waals surface area contributed by atoms with Crippen LogP contribution in [0.25, 0.3) is 22.3 Å². The summed E-state index contributed by atoms with van der Waals surface area (Å²) in [7, 11) is 0. The maximum Gasteiger partial charge on any atom is 0.225 e. The van der Waals surface area contributed by atoms with Crippen LogP contribution in [0.3, 0.4) is 0 Å². The smallest absolute Gasteiger partial charge is 0.225 e. The molecule has 1 amide bonds. The van der Waals surface area contributed by atoms with Crippen molar-refractivity contribution in [3.05, 3.63) is 37.0 Å². The predicted octanol–water partition coefficient (Wildman–Crippen LogP) is 3.48. The Hall–Kier alpha value is -2.74. The highest BCUT2D eigenvalue weighted by Gasteiger charge is 2.44. The van der Waals surface area contributed by atoms with Crippen molar-refractivity contribution in [2.75, 3.05) is 26.2 Å². The second kappa shape index (κ2) is 8.24. The monoisotopic (exact) mass is 446 g/mol. The predicted molar refractivity (Wildman–Crippen MR) is 126 cm³/mol. The number of H-pyrrole nitrogens is 1. The Morgan fingerprint density at radius 1 is 1.12 bits per heavy atom. The number of hydrogen-bond acceptors (Lipinski definition) is 5. The Balaban J connectivity index is 1.06. The molecule has 3 aliphatic rings. The minimum absolute atomic E-state index is 0.159. The second-order valence-corrected chi connectivity index (χ2v) is 10.2. The number of carbonyl (C=O) groups is 1. The number of aromatic amines is 1. The van der Waals surface area contributed by atoms with Crippen molar-refractivity contribution in [2.45, 2.75) is 57.4 Å². The maximum absolute atomic E-state index is 12.9. The molecule has 1 saturated carbocycles. The van der Waals surface area contributed by atoms with Gasteiger partial charge in [0.1, 0.15) is 18.0 Å². The number of fused-ring (bicyclic) bond motifs is 1. The Morgan fingerprint density at radius 3 is 2.70 bits per heavy atom. The zero-order chi connectivity index (χ0) is 22.4. The maximum atomic E-state index is 12.9. The van der Waals surface area contributed by atoms with Crippen molar-refractivity contribution in [3.8, 4) is 11.3 Å². The molecule has 8 nitrogen and oxygen atoms in total. The SMILES string of the molecule is CC1(N2C[C](n3cc(-c4ncnc5[nH]ccc45)cn3)C2)CCN(C(=O)C2CCCCC2)CC1. The Kier molecular flexibility index (Phi) is 5.20. The van der Waals surface area contributed by atoms with Crippen LogP contribution in [-0.4, -0.2) is 72.2 Å². The standard InChI is InChI=1S/C25H32N7O/c1-25(8-11-30(12-9-25)24(33)18-5-3-2-4-6-18)31-15-20(16-31)32-14-19(13-29-32)22-21-7-10-26-23(21)28-17-27-22/h7,10,13-14,17-18H,2-6,8-9,11-12,15-16H2,1H3,(H,26,27,28). The molecule has 1 N–H and O–H groups in total. The van der Waals surface area contributed by atoms with Gasteiger partial charge in [0.15, 0.2) is 0 Å². The molecule has 3 fully saturated rings. The summed E-state index contributed by atoms with van der Waals surface area (Å²) in [5.74, 6) is 0.696. The van der Waals surface area contributed by atoms with E-state index in [9.17, 15) is 4.79 Å². The van der Waals surface area contributed by atoms with Gasteiger partial charge >= 0.3 is 0 Å². The number of nitrogens with zero attached hydrogens (tertiary/aromatic N) is 6. The van der Waals surface area contributed by atoms with E-state index in [1.54, 1.807) is 6.33 Å². The molecule has 0 atom stereocenters. The molecule has 5 heterocycles. The van der Waals surface area contributed by atoms with Gasteiger partial charge in [0.05, 0.1) is 11.9 Å². The average Bonchev–Trinajstić information content (AvgIpc) is 3.48. The van der Waals surface area contributed by atoms with E-state index in [0.29, 0.717) is 5.91 Å². The van der Waals surface area contributed by atoms with Gasteiger partial charge in [-0.15, -0.1) is 0 Å². The summed E-state index contributed by atoms with van der Waals surface area (Å²) in [4.78, 5) is 29.5. The largest absolute Gasteiger partial charge is 0.346 e. The summed E-state index contributed by atoms with van der Waals surface area (Å²) in [5.41, 5.74) is 2.92. The van der Waals surface area contributed by atoms with Crippen LogP contribution in [0.1, 0.15) is 51.9 Å². The molecule has 3 aromatic heterocycles. The molecule has 33 heavy (non-hydrogen) atoms. The van der Waals surface area contributed by atoms with Crippen LogP contribution in [0, 0.1) is 12.0 Å². The molecule has 2 aliphatic heterocycles. The van der Waals surface area contributed by atoms with E-state index in [2.05, 4.69) is 43.0 Å². The Bertz CT molecular complexity index is 1130. The molecule has 3 aromatic rings. The van der Waals surface area contributed by atoms with Gasteiger partial charge in [-0.3, -0.25) is 14.4 Å². The van der Waals surface area contributed by atoms with Crippen LogP contribution in [-0.2, 0) is 4.79 Å². The molecule has 0 unspecified atom stereocenters. The third-order valence-corrected chi connectivity index (χ3v) is 8.15. The Morgan fingerprint density at radius 2 is 1.91 bits per heavy atom. The van der Waals surface area contributed by atoms with Crippen molar-refractivity contribution in [2.24, 2.45) is 5.92 Å². The molecule has 1 aliphatic carbocycles. The van der Waals surface area contributed by atoms with Crippen molar-refractivity contribution < 1.29 is 4.79 Å². The van der Waals surface area contributed by atoms with E-state index in [1.807, 2.05) is 23.1 Å². The van der Waals surface area contributed by atoms with E-state index < -0.39 is 0 Å². The summed E-state index contributed by atoms with van der Waals surface area (Å²) in [6.45, 7) is 6.01. The van der Waals surface area contributed by atoms with Gasteiger partial charge in [-0.25, -0.2) is 9.97 Å². The van der Waals surface area contributed by atoms with Crippen LogP contribution in [0.2, 0.25) is 0 Å². The van der Waals surface area contributed by atoms with Gasteiger partial charge in [-0.1, -0.05) is 19.3 Å². The Labute approximate surface area is 194 Å². The zero-order valence-corrected chi connectivity index (χ0v) is 19.3. The van der Waals surface area contributed by atoms with Gasteiger partial charge in [-0.05, 0) is 38.7 Å². The fourth-order valence-electron chi connectivity index (χ4n) is 5.77. The minimum Gasteiger partial charge on any atom is -0.346 e. The molecular formula is C25H32N7O. The molecule has 0 spiro atoms. The lowest BCUT2D eigenvalue weighted by atomic mass is 9.83. The summed E-state index contributed by atoms with van der Waals surface area (Å²) in [6, 6.07) is 3.31. The first kappa shape index (κ1) is 20.8. The molecule has 1 radical (unpaired) electrons. The molecule has 173 valence electrons. The number of carbonyl (C=O) groups excluding carboxylic acids is 1. The lowest BCUT2D eigenvalue weighted by Crippen LogP contribution is -2.63. The first-order valence-corrected chi connectivity index (χ1v) is 12.3.